The summed E-state index contributed by atoms with van der Waals surface area (Å²) in [4.78, 5) is 40.5. The molecule has 1 amide bonds. The average Bonchev–Trinajstić information content (AvgIpc) is 3.30. The number of nitrogens with zero attached hydrogens (tertiary/aromatic N) is 1. The molecule has 1 unspecified atom stereocenters. The standard InChI is InChI=1S/C26H28N2O7/c1-28(2)20-15-10-12-9-14-13(11-5-3-4-6-11)7-8-16(29)18(14)21(30)17(12)23(32)26(15,35)24(33)19(22(20)31)25(27)34/h3,5,7-8,11-12,15,20,29,31-32,35H,4,6,9-10H2,1-2H3,(H2,27,34)/t11?,12-,15-,20-,26+/m1/s1. The molecule has 6 N–H and O–H groups in total. The lowest BCUT2D eigenvalue weighted by Gasteiger charge is -2.50. The summed E-state index contributed by atoms with van der Waals surface area (Å²) in [6, 6.07) is 2.27. The van der Waals surface area contributed by atoms with Crippen LogP contribution in [0.2, 0.25) is 0 Å². The van der Waals surface area contributed by atoms with Gasteiger partial charge >= 0.3 is 0 Å². The minimum absolute atomic E-state index is 0.0589. The molecular weight excluding hydrogens is 452 g/mol. The zero-order valence-electron chi connectivity index (χ0n) is 19.5. The summed E-state index contributed by atoms with van der Waals surface area (Å²) in [6.07, 6.45) is 6.35. The summed E-state index contributed by atoms with van der Waals surface area (Å²) in [7, 11) is 3.21. The Morgan fingerprint density at radius 2 is 1.89 bits per heavy atom. The second kappa shape index (κ2) is 7.79. The van der Waals surface area contributed by atoms with Crippen LogP contribution < -0.4 is 5.73 Å². The number of rotatable bonds is 3. The van der Waals surface area contributed by atoms with Crippen LogP contribution in [0.3, 0.4) is 0 Å². The van der Waals surface area contributed by atoms with Gasteiger partial charge in [-0.1, -0.05) is 18.2 Å². The van der Waals surface area contributed by atoms with Gasteiger partial charge in [0.2, 0.25) is 5.78 Å². The predicted molar refractivity (Wildman–Crippen MR) is 125 cm³/mol. The van der Waals surface area contributed by atoms with Gasteiger partial charge in [-0.05, 0) is 62.9 Å². The fraction of sp³-hybridized carbons (Fsp3) is 0.423. The van der Waals surface area contributed by atoms with Gasteiger partial charge < -0.3 is 26.2 Å². The SMILES string of the molecule is CN(C)[C@H]1C(O)=C(C(N)=O)C(=O)[C@@]2(O)C(O)=C3C(=O)c4c(O)ccc(C5C=CCC5)c4C[C@@H]3C[C@H]12. The van der Waals surface area contributed by atoms with E-state index in [0.29, 0.717) is 12.0 Å². The first-order valence-electron chi connectivity index (χ1n) is 11.7. The molecule has 184 valence electrons. The third-order valence-electron chi connectivity index (χ3n) is 8.05. The number of aromatic hydroxyl groups is 1. The van der Waals surface area contributed by atoms with Crippen molar-refractivity contribution in [3.63, 3.8) is 0 Å². The van der Waals surface area contributed by atoms with E-state index in [0.717, 1.165) is 18.4 Å². The highest BCUT2D eigenvalue weighted by molar-refractivity contribution is 6.24. The summed E-state index contributed by atoms with van der Waals surface area (Å²) in [6.45, 7) is 0. The molecule has 4 aliphatic rings. The fourth-order valence-electron chi connectivity index (χ4n) is 6.51. The highest BCUT2D eigenvalue weighted by atomic mass is 16.3. The lowest BCUT2D eigenvalue weighted by Crippen LogP contribution is -2.63. The maximum Gasteiger partial charge on any atom is 0.255 e. The lowest BCUT2D eigenvalue weighted by molar-refractivity contribution is -0.148. The number of aliphatic hydroxyl groups is 3. The van der Waals surface area contributed by atoms with E-state index in [9.17, 15) is 34.8 Å². The second-order valence-corrected chi connectivity index (χ2v) is 10.1. The average molecular weight is 481 g/mol. The Morgan fingerprint density at radius 1 is 1.17 bits per heavy atom. The van der Waals surface area contributed by atoms with E-state index in [1.807, 2.05) is 6.07 Å². The van der Waals surface area contributed by atoms with Gasteiger partial charge in [0.25, 0.3) is 5.91 Å². The minimum Gasteiger partial charge on any atom is -0.510 e. The van der Waals surface area contributed by atoms with Crippen molar-refractivity contribution in [2.45, 2.75) is 43.2 Å². The van der Waals surface area contributed by atoms with Gasteiger partial charge in [-0.2, -0.15) is 0 Å². The number of ketones is 2. The Morgan fingerprint density at radius 3 is 2.49 bits per heavy atom. The molecular formula is C26H28N2O7. The number of primary amides is 1. The van der Waals surface area contributed by atoms with E-state index in [1.54, 1.807) is 14.1 Å². The Labute approximate surface area is 201 Å². The first-order valence-corrected chi connectivity index (χ1v) is 11.7. The Balaban J connectivity index is 1.71. The van der Waals surface area contributed by atoms with Crippen LogP contribution in [-0.2, 0) is 16.0 Å². The first kappa shape index (κ1) is 23.3. The molecule has 0 aromatic heterocycles. The molecule has 0 saturated carbocycles. The minimum atomic E-state index is -2.62. The summed E-state index contributed by atoms with van der Waals surface area (Å²) in [5.74, 6) is -6.27. The van der Waals surface area contributed by atoms with Crippen molar-refractivity contribution in [3.05, 3.63) is 63.6 Å². The van der Waals surface area contributed by atoms with Crippen LogP contribution in [0.15, 0.2) is 46.9 Å². The van der Waals surface area contributed by atoms with Crippen molar-refractivity contribution < 1.29 is 34.8 Å². The Hall–Kier alpha value is -3.43. The number of hydrogen-bond acceptors (Lipinski definition) is 8. The highest BCUT2D eigenvalue weighted by Crippen LogP contribution is 2.53. The Kier molecular flexibility index (Phi) is 5.19. The van der Waals surface area contributed by atoms with Crippen LogP contribution >= 0.6 is 0 Å². The van der Waals surface area contributed by atoms with E-state index in [4.69, 9.17) is 5.73 Å². The van der Waals surface area contributed by atoms with Crippen molar-refractivity contribution in [1.29, 1.82) is 0 Å². The van der Waals surface area contributed by atoms with E-state index in [2.05, 4.69) is 12.2 Å². The molecule has 0 radical (unpaired) electrons. The van der Waals surface area contributed by atoms with Gasteiger partial charge in [-0.25, -0.2) is 0 Å². The monoisotopic (exact) mass is 480 g/mol. The van der Waals surface area contributed by atoms with Crippen LogP contribution in [0, 0.1) is 11.8 Å². The molecule has 9 nitrogen and oxygen atoms in total. The van der Waals surface area contributed by atoms with E-state index >= 15 is 0 Å². The van der Waals surface area contributed by atoms with Gasteiger partial charge in [0.15, 0.2) is 11.4 Å². The number of amides is 1. The van der Waals surface area contributed by atoms with Gasteiger partial charge in [-0.3, -0.25) is 19.3 Å². The quantitative estimate of drug-likeness (QED) is 0.322. The van der Waals surface area contributed by atoms with Crippen molar-refractivity contribution in [3.8, 4) is 5.75 Å². The maximum absolute atomic E-state index is 13.7. The first-order chi connectivity index (χ1) is 16.5. The summed E-state index contributed by atoms with van der Waals surface area (Å²) in [5.41, 5.74) is 3.46. The van der Waals surface area contributed by atoms with Gasteiger partial charge in [-0.15, -0.1) is 0 Å². The molecule has 0 fully saturated rings. The molecule has 35 heavy (non-hydrogen) atoms. The van der Waals surface area contributed by atoms with Gasteiger partial charge in [0, 0.05) is 17.4 Å². The number of benzene rings is 1. The number of Topliss-reactive ketones (excluding diaryl/α,β-unsaturated/α-hetero) is 2. The second-order valence-electron chi connectivity index (χ2n) is 10.1. The van der Waals surface area contributed by atoms with Gasteiger partial charge in [0.1, 0.15) is 22.8 Å². The molecule has 0 bridgehead atoms. The zero-order chi connectivity index (χ0) is 25.4. The molecule has 9 heteroatoms. The van der Waals surface area contributed by atoms with E-state index in [-0.39, 0.29) is 29.2 Å². The molecule has 1 aromatic rings. The third kappa shape index (κ3) is 3.04. The normalized spacial score (nSPS) is 32.1. The molecule has 4 aliphatic carbocycles. The molecule has 1 aromatic carbocycles. The number of likely N-dealkylation sites (N-methyl/N-ethyl adjacent to an activating group) is 1. The number of aliphatic hydroxyl groups excluding tert-OH is 2. The topological polar surface area (TPSA) is 161 Å². The van der Waals surface area contributed by atoms with Gasteiger partial charge in [0.05, 0.1) is 11.6 Å². The van der Waals surface area contributed by atoms with E-state index in [1.165, 1.54) is 11.0 Å². The van der Waals surface area contributed by atoms with E-state index < -0.39 is 58.0 Å². The van der Waals surface area contributed by atoms with Crippen LogP contribution in [-0.4, -0.2) is 68.5 Å². The number of carbonyl (C=O) groups excluding carboxylic acids is 3. The zero-order valence-corrected chi connectivity index (χ0v) is 19.5. The molecule has 0 spiro atoms. The maximum atomic E-state index is 13.7. The number of phenols is 1. The van der Waals surface area contributed by atoms with Crippen LogP contribution in [0.25, 0.3) is 0 Å². The Bertz CT molecular complexity index is 1270. The number of hydrogen-bond donors (Lipinski definition) is 5. The summed E-state index contributed by atoms with van der Waals surface area (Å²) >= 11 is 0. The number of nitrogens with two attached hydrogens (primary N) is 1. The number of phenolic OH excluding ortho intramolecular Hbond substituents is 1. The van der Waals surface area contributed by atoms with Crippen molar-refractivity contribution in [2.75, 3.05) is 14.1 Å². The van der Waals surface area contributed by atoms with Crippen LogP contribution in [0.1, 0.15) is 46.7 Å². The molecule has 0 aliphatic heterocycles. The molecule has 0 saturated heterocycles. The van der Waals surface area contributed by atoms with Crippen molar-refractivity contribution in [2.24, 2.45) is 17.6 Å². The highest BCUT2D eigenvalue weighted by Gasteiger charge is 2.63. The number of fused-ring (bicyclic) bond motifs is 3. The fourth-order valence-corrected chi connectivity index (χ4v) is 6.51. The molecule has 5 rings (SSSR count). The van der Waals surface area contributed by atoms with Crippen LogP contribution in [0.4, 0.5) is 0 Å². The predicted octanol–water partition coefficient (Wildman–Crippen LogP) is 1.55. The van der Waals surface area contributed by atoms with Crippen LogP contribution in [0.5, 0.6) is 5.75 Å². The largest absolute Gasteiger partial charge is 0.510 e. The lowest BCUT2D eigenvalue weighted by atomic mass is 9.58. The smallest absolute Gasteiger partial charge is 0.255 e. The van der Waals surface area contributed by atoms with Crippen molar-refractivity contribution in [1.82, 2.24) is 4.90 Å². The third-order valence-corrected chi connectivity index (χ3v) is 8.05. The number of allylic oxidation sites excluding steroid dienone is 3. The molecule has 5 atom stereocenters. The van der Waals surface area contributed by atoms with Crippen molar-refractivity contribution >= 4 is 17.5 Å². The summed E-state index contributed by atoms with van der Waals surface area (Å²) < 4.78 is 0. The molecule has 0 heterocycles. The number of carbonyl (C=O) groups is 3. The summed E-state index contributed by atoms with van der Waals surface area (Å²) in [5, 5.41) is 44.3.